The number of carbonyl (C=O) groups excluding carboxylic acids is 2. The monoisotopic (exact) mass is 498 g/mol. The van der Waals surface area contributed by atoms with Gasteiger partial charge in [0, 0.05) is 30.1 Å². The number of methoxy groups -OCH3 is 1. The van der Waals surface area contributed by atoms with Crippen molar-refractivity contribution in [2.75, 3.05) is 12.4 Å². The number of alkyl halides is 2. The number of ether oxygens (including phenoxy) is 2. The van der Waals surface area contributed by atoms with Crippen LogP contribution in [0.3, 0.4) is 0 Å². The van der Waals surface area contributed by atoms with E-state index >= 15 is 0 Å². The Morgan fingerprint density at radius 2 is 1.94 bits per heavy atom. The molecule has 1 aliphatic rings. The predicted octanol–water partition coefficient (Wildman–Crippen LogP) is 4.60. The van der Waals surface area contributed by atoms with Crippen LogP contribution in [0.2, 0.25) is 5.02 Å². The maximum absolute atomic E-state index is 14.9. The lowest BCUT2D eigenvalue weighted by molar-refractivity contribution is 0.0997. The molecule has 1 aliphatic carbocycles. The molecule has 0 bridgehead atoms. The molecule has 1 unspecified atom stereocenters. The first-order valence-electron chi connectivity index (χ1n) is 9.59. The largest absolute Gasteiger partial charge is 0.496 e. The van der Waals surface area contributed by atoms with E-state index in [2.05, 4.69) is 4.98 Å². The molecule has 4 rings (SSSR count). The molecular weight excluding hydrogens is 484 g/mol. The van der Waals surface area contributed by atoms with E-state index in [9.17, 15) is 27.2 Å². The molecular formula is C21H15ClF4N4O4. The number of hydrogen-bond donors (Lipinski definition) is 3. The Bertz CT molecular complexity index is 1340. The number of nitrogens with zero attached hydrogens (tertiary/aromatic N) is 1. The van der Waals surface area contributed by atoms with Crippen LogP contribution in [0.1, 0.15) is 16.8 Å². The second-order valence-electron chi connectivity index (χ2n) is 7.32. The van der Waals surface area contributed by atoms with Gasteiger partial charge in [-0.15, -0.1) is 0 Å². The maximum Gasteiger partial charge on any atom is 0.319 e. The molecule has 2 aromatic carbocycles. The third kappa shape index (κ3) is 4.36. The molecule has 4 N–H and O–H groups in total. The van der Waals surface area contributed by atoms with Crippen molar-refractivity contribution < 1.29 is 36.6 Å². The standard InChI is InChI=1S/C21H15ClF4N4O4/c1-33-14-6-11-8(4-9(14)19(27)31)13(2-3-28-11)34-18-10(23)5-12(16(22)17(18)24)29-20(32)30-15-7-21(15,25)26/h2-6,15H,7H2,1H3,(H2,27,31)(H2,29,30,32). The van der Waals surface area contributed by atoms with Crippen molar-refractivity contribution in [1.82, 2.24) is 10.3 Å². The number of carbonyl (C=O) groups is 2. The van der Waals surface area contributed by atoms with E-state index in [1.807, 2.05) is 10.6 Å². The summed E-state index contributed by atoms with van der Waals surface area (Å²) in [7, 11) is 1.33. The fourth-order valence-corrected chi connectivity index (χ4v) is 3.35. The molecule has 8 nitrogen and oxygen atoms in total. The van der Waals surface area contributed by atoms with Gasteiger partial charge in [0.15, 0.2) is 17.4 Å². The SMILES string of the molecule is COc1cc2nccc(Oc3c(F)cc(NC(=O)NC4CC4(F)F)c(Cl)c3F)c2cc1C(N)=O. The number of pyridine rings is 1. The van der Waals surface area contributed by atoms with Gasteiger partial charge in [-0.05, 0) is 12.1 Å². The van der Waals surface area contributed by atoms with Gasteiger partial charge in [0.2, 0.25) is 0 Å². The molecule has 1 fully saturated rings. The number of urea groups is 1. The molecule has 0 radical (unpaired) electrons. The van der Waals surface area contributed by atoms with Gasteiger partial charge in [-0.3, -0.25) is 9.78 Å². The number of hydrogen-bond acceptors (Lipinski definition) is 5. The molecule has 1 aromatic heterocycles. The number of nitrogens with one attached hydrogen (secondary N) is 2. The summed E-state index contributed by atoms with van der Waals surface area (Å²) in [6.07, 6.45) is 0.763. The second-order valence-corrected chi connectivity index (χ2v) is 7.70. The first-order chi connectivity index (χ1) is 16.0. The van der Waals surface area contributed by atoms with Crippen LogP contribution in [0.4, 0.5) is 28.0 Å². The normalized spacial score (nSPS) is 16.1. The summed E-state index contributed by atoms with van der Waals surface area (Å²) in [6.45, 7) is 0. The Morgan fingerprint density at radius 1 is 1.24 bits per heavy atom. The Labute approximate surface area is 194 Å². The Hall–Kier alpha value is -3.80. The highest BCUT2D eigenvalue weighted by molar-refractivity contribution is 6.34. The number of amides is 3. The van der Waals surface area contributed by atoms with E-state index in [1.54, 1.807) is 0 Å². The van der Waals surface area contributed by atoms with Crippen molar-refractivity contribution >= 4 is 40.1 Å². The average Bonchev–Trinajstić information content (AvgIpc) is 3.38. The minimum Gasteiger partial charge on any atom is -0.496 e. The molecule has 34 heavy (non-hydrogen) atoms. The zero-order valence-electron chi connectivity index (χ0n) is 17.2. The van der Waals surface area contributed by atoms with Crippen molar-refractivity contribution in [2.45, 2.75) is 18.4 Å². The number of benzene rings is 2. The zero-order chi connectivity index (χ0) is 24.8. The number of nitrogens with two attached hydrogens (primary N) is 1. The van der Waals surface area contributed by atoms with E-state index < -0.39 is 58.4 Å². The lowest BCUT2D eigenvalue weighted by Crippen LogP contribution is -2.33. The van der Waals surface area contributed by atoms with Crippen LogP contribution in [0.5, 0.6) is 17.2 Å². The van der Waals surface area contributed by atoms with Crippen LogP contribution in [-0.2, 0) is 0 Å². The first kappa shape index (κ1) is 23.4. The Balaban J connectivity index is 1.65. The van der Waals surface area contributed by atoms with Gasteiger partial charge >= 0.3 is 6.03 Å². The number of halogens is 5. The van der Waals surface area contributed by atoms with Gasteiger partial charge in [-0.2, -0.15) is 0 Å². The molecule has 3 aromatic rings. The van der Waals surface area contributed by atoms with Gasteiger partial charge in [-0.1, -0.05) is 11.6 Å². The fourth-order valence-electron chi connectivity index (χ4n) is 3.16. The molecule has 0 spiro atoms. The fraction of sp³-hybridized carbons (Fsp3) is 0.190. The Kier molecular flexibility index (Phi) is 5.86. The topological polar surface area (TPSA) is 116 Å². The number of rotatable bonds is 6. The van der Waals surface area contributed by atoms with Crippen molar-refractivity contribution in [1.29, 1.82) is 0 Å². The number of fused-ring (bicyclic) bond motifs is 1. The maximum atomic E-state index is 14.9. The molecule has 1 heterocycles. The van der Waals surface area contributed by atoms with Crippen molar-refractivity contribution in [2.24, 2.45) is 5.73 Å². The van der Waals surface area contributed by atoms with E-state index in [1.165, 1.54) is 31.5 Å². The summed E-state index contributed by atoms with van der Waals surface area (Å²) in [5.41, 5.74) is 5.12. The Morgan fingerprint density at radius 3 is 2.56 bits per heavy atom. The van der Waals surface area contributed by atoms with E-state index in [-0.39, 0.29) is 28.0 Å². The minimum atomic E-state index is -3.03. The van der Waals surface area contributed by atoms with Crippen LogP contribution in [0.15, 0.2) is 30.5 Å². The highest BCUT2D eigenvalue weighted by atomic mass is 35.5. The van der Waals surface area contributed by atoms with E-state index in [0.29, 0.717) is 6.07 Å². The van der Waals surface area contributed by atoms with Gasteiger partial charge in [-0.25, -0.2) is 22.4 Å². The molecule has 13 heteroatoms. The summed E-state index contributed by atoms with van der Waals surface area (Å²) < 4.78 is 66.0. The summed E-state index contributed by atoms with van der Waals surface area (Å²) in [6, 6.07) is 2.19. The molecule has 178 valence electrons. The van der Waals surface area contributed by atoms with Gasteiger partial charge in [0.1, 0.15) is 22.6 Å². The molecule has 3 amide bonds. The predicted molar refractivity (Wildman–Crippen MR) is 114 cm³/mol. The van der Waals surface area contributed by atoms with E-state index in [0.717, 1.165) is 0 Å². The van der Waals surface area contributed by atoms with Crippen LogP contribution < -0.4 is 25.8 Å². The number of anilines is 1. The van der Waals surface area contributed by atoms with Crippen LogP contribution >= 0.6 is 11.6 Å². The van der Waals surface area contributed by atoms with Crippen LogP contribution in [-0.4, -0.2) is 36.0 Å². The smallest absolute Gasteiger partial charge is 0.319 e. The first-order valence-corrected chi connectivity index (χ1v) is 9.97. The lowest BCUT2D eigenvalue weighted by Gasteiger charge is -2.15. The van der Waals surface area contributed by atoms with Crippen molar-refractivity contribution in [3.8, 4) is 17.2 Å². The molecule has 0 saturated heterocycles. The average molecular weight is 499 g/mol. The zero-order valence-corrected chi connectivity index (χ0v) is 18.0. The lowest BCUT2D eigenvalue weighted by atomic mass is 10.1. The van der Waals surface area contributed by atoms with Gasteiger partial charge in [0.05, 0.1) is 23.9 Å². The summed E-state index contributed by atoms with van der Waals surface area (Å²) in [4.78, 5) is 27.7. The van der Waals surface area contributed by atoms with Crippen LogP contribution in [0.25, 0.3) is 10.9 Å². The van der Waals surface area contributed by atoms with Gasteiger partial charge < -0.3 is 25.8 Å². The second kappa shape index (κ2) is 8.52. The summed E-state index contributed by atoms with van der Waals surface area (Å²) >= 11 is 5.91. The highest BCUT2D eigenvalue weighted by Crippen LogP contribution is 2.42. The van der Waals surface area contributed by atoms with E-state index in [4.69, 9.17) is 26.8 Å². The quantitative estimate of drug-likeness (QED) is 0.339. The molecule has 1 atom stereocenters. The third-order valence-corrected chi connectivity index (χ3v) is 5.37. The number of aromatic nitrogens is 1. The summed E-state index contributed by atoms with van der Waals surface area (Å²) in [5, 5.41) is 3.47. The molecule has 0 aliphatic heterocycles. The molecule has 1 saturated carbocycles. The van der Waals surface area contributed by atoms with Crippen molar-refractivity contribution in [3.05, 3.63) is 52.7 Å². The van der Waals surface area contributed by atoms with Gasteiger partial charge in [0.25, 0.3) is 11.8 Å². The third-order valence-electron chi connectivity index (χ3n) is 5.00. The minimum absolute atomic E-state index is 0.0152. The van der Waals surface area contributed by atoms with Crippen LogP contribution in [0, 0.1) is 11.6 Å². The summed E-state index contributed by atoms with van der Waals surface area (Å²) in [5.74, 6) is -7.30. The highest BCUT2D eigenvalue weighted by Gasteiger charge is 2.58. The number of primary amides is 1. The van der Waals surface area contributed by atoms with Crippen molar-refractivity contribution in [3.63, 3.8) is 0 Å².